The summed E-state index contributed by atoms with van der Waals surface area (Å²) in [6, 6.07) is 7.50. The normalized spacial score (nSPS) is 13.2. The predicted molar refractivity (Wildman–Crippen MR) is 86.2 cm³/mol. The largest absolute Gasteiger partial charge is 0.327 e. The molecule has 1 aromatic carbocycles. The summed E-state index contributed by atoms with van der Waals surface area (Å²) in [5, 5.41) is 5.77. The number of carbonyl (C=O) groups is 1. The van der Waals surface area contributed by atoms with Gasteiger partial charge in [-0.1, -0.05) is 6.92 Å². The van der Waals surface area contributed by atoms with Crippen molar-refractivity contribution in [2.24, 2.45) is 11.7 Å². The number of aromatic nitrogens is 1. The van der Waals surface area contributed by atoms with Crippen LogP contribution in [0.5, 0.6) is 0 Å². The van der Waals surface area contributed by atoms with Crippen LogP contribution in [-0.4, -0.2) is 16.9 Å². The first-order valence-corrected chi connectivity index (χ1v) is 7.02. The molecule has 0 aliphatic rings. The molecule has 108 valence electrons. The van der Waals surface area contributed by atoms with Gasteiger partial charge in [0, 0.05) is 28.9 Å². The average Bonchev–Trinajstić information content (AvgIpc) is 2.92. The Morgan fingerprint density at radius 1 is 1.30 bits per heavy atom. The smallest absolute Gasteiger partial charge is 0.228 e. The lowest BCUT2D eigenvalue weighted by Crippen LogP contribution is -2.34. The van der Waals surface area contributed by atoms with Crippen molar-refractivity contribution in [3.63, 3.8) is 0 Å². The van der Waals surface area contributed by atoms with Gasteiger partial charge in [-0.25, -0.2) is 4.98 Å². The fourth-order valence-electron chi connectivity index (χ4n) is 1.56. The van der Waals surface area contributed by atoms with Gasteiger partial charge in [0.15, 0.2) is 0 Å². The van der Waals surface area contributed by atoms with E-state index in [-0.39, 0.29) is 30.3 Å². The monoisotopic (exact) mass is 311 g/mol. The maximum absolute atomic E-state index is 11.9. The number of amides is 1. The fraction of sp³-hybridized carbons (Fsp3) is 0.286. The molecule has 0 saturated heterocycles. The van der Waals surface area contributed by atoms with Crippen molar-refractivity contribution >= 4 is 35.3 Å². The van der Waals surface area contributed by atoms with E-state index in [0.29, 0.717) is 0 Å². The number of thiazole rings is 1. The van der Waals surface area contributed by atoms with Gasteiger partial charge in [-0.05, 0) is 31.2 Å². The first-order valence-electron chi connectivity index (χ1n) is 6.14. The summed E-state index contributed by atoms with van der Waals surface area (Å²) < 4.78 is 0. The number of carbonyl (C=O) groups excluding carboxylic acids is 1. The molecule has 2 unspecified atom stereocenters. The molecule has 6 heteroatoms. The zero-order valence-electron chi connectivity index (χ0n) is 11.4. The number of hydrogen-bond acceptors (Lipinski definition) is 4. The van der Waals surface area contributed by atoms with E-state index in [1.165, 1.54) is 0 Å². The predicted octanol–water partition coefficient (Wildman–Crippen LogP) is 3.15. The Bertz CT molecular complexity index is 540. The van der Waals surface area contributed by atoms with Gasteiger partial charge in [0.05, 0.1) is 5.92 Å². The van der Waals surface area contributed by atoms with Crippen LogP contribution in [0.4, 0.5) is 5.69 Å². The number of anilines is 1. The van der Waals surface area contributed by atoms with E-state index < -0.39 is 0 Å². The lowest BCUT2D eigenvalue weighted by Gasteiger charge is -2.15. The second-order valence-electron chi connectivity index (χ2n) is 4.55. The molecule has 0 fully saturated rings. The van der Waals surface area contributed by atoms with E-state index in [1.807, 2.05) is 43.5 Å². The van der Waals surface area contributed by atoms with E-state index in [4.69, 9.17) is 5.73 Å². The number of nitrogens with two attached hydrogens (primary N) is 1. The van der Waals surface area contributed by atoms with Gasteiger partial charge in [0.2, 0.25) is 5.91 Å². The molecule has 1 aromatic heterocycles. The first-order chi connectivity index (χ1) is 9.08. The quantitative estimate of drug-likeness (QED) is 0.911. The molecule has 3 N–H and O–H groups in total. The summed E-state index contributed by atoms with van der Waals surface area (Å²) in [6.07, 6.45) is 1.78. The van der Waals surface area contributed by atoms with Crippen molar-refractivity contribution in [1.29, 1.82) is 0 Å². The molecule has 0 spiro atoms. The minimum atomic E-state index is -0.210. The third-order valence-corrected chi connectivity index (χ3v) is 3.86. The maximum Gasteiger partial charge on any atom is 0.228 e. The van der Waals surface area contributed by atoms with Crippen molar-refractivity contribution in [2.45, 2.75) is 19.9 Å². The van der Waals surface area contributed by atoms with E-state index in [2.05, 4.69) is 10.3 Å². The zero-order chi connectivity index (χ0) is 13.8. The Kier molecular flexibility index (Phi) is 6.13. The molecule has 4 nitrogen and oxygen atoms in total. The second kappa shape index (κ2) is 7.38. The Hall–Kier alpha value is -1.43. The van der Waals surface area contributed by atoms with Gasteiger partial charge in [0.25, 0.3) is 0 Å². The van der Waals surface area contributed by atoms with Crippen LogP contribution in [0.25, 0.3) is 10.6 Å². The zero-order valence-corrected chi connectivity index (χ0v) is 13.0. The van der Waals surface area contributed by atoms with Crippen LogP contribution in [0.3, 0.4) is 0 Å². The Balaban J connectivity index is 0.00000200. The second-order valence-corrected chi connectivity index (χ2v) is 5.45. The summed E-state index contributed by atoms with van der Waals surface area (Å²) in [7, 11) is 0. The minimum absolute atomic E-state index is 0. The number of nitrogens with one attached hydrogen (secondary N) is 1. The third-order valence-electron chi connectivity index (χ3n) is 3.03. The van der Waals surface area contributed by atoms with E-state index in [0.717, 1.165) is 16.3 Å². The number of hydrogen-bond donors (Lipinski definition) is 2. The fourth-order valence-corrected chi connectivity index (χ4v) is 2.20. The number of rotatable bonds is 4. The molecule has 1 heterocycles. The highest BCUT2D eigenvalue weighted by atomic mass is 35.5. The molecule has 0 saturated carbocycles. The van der Waals surface area contributed by atoms with Gasteiger partial charge >= 0.3 is 0 Å². The Labute approximate surface area is 128 Å². The highest BCUT2D eigenvalue weighted by molar-refractivity contribution is 7.13. The van der Waals surface area contributed by atoms with Gasteiger partial charge in [0.1, 0.15) is 5.01 Å². The molecule has 2 aromatic rings. The van der Waals surface area contributed by atoms with Gasteiger partial charge in [-0.15, -0.1) is 23.7 Å². The Morgan fingerprint density at radius 3 is 2.45 bits per heavy atom. The molecule has 0 radical (unpaired) electrons. The van der Waals surface area contributed by atoms with Crippen LogP contribution in [0.1, 0.15) is 13.8 Å². The molecule has 0 bridgehead atoms. The third kappa shape index (κ3) is 4.03. The standard InChI is InChI=1S/C14H17N3OS.ClH/c1-9(10(2)15)13(18)17-12-5-3-11(4-6-12)14-16-7-8-19-14;/h3-10H,15H2,1-2H3,(H,17,18);1H. The van der Waals surface area contributed by atoms with Crippen LogP contribution in [0, 0.1) is 5.92 Å². The summed E-state index contributed by atoms with van der Waals surface area (Å²) in [4.78, 5) is 16.1. The highest BCUT2D eigenvalue weighted by Crippen LogP contribution is 2.23. The van der Waals surface area contributed by atoms with Gasteiger partial charge in [-0.3, -0.25) is 4.79 Å². The Morgan fingerprint density at radius 2 is 1.95 bits per heavy atom. The molecular formula is C14H18ClN3OS. The number of halogens is 1. The number of benzene rings is 1. The number of nitrogens with zero attached hydrogens (tertiary/aromatic N) is 1. The summed E-state index contributed by atoms with van der Waals surface area (Å²) in [6.45, 7) is 3.65. The molecule has 2 atom stereocenters. The molecule has 2 rings (SSSR count). The van der Waals surface area contributed by atoms with Crippen molar-refractivity contribution in [3.8, 4) is 10.6 Å². The lowest BCUT2D eigenvalue weighted by molar-refractivity contribution is -0.119. The highest BCUT2D eigenvalue weighted by Gasteiger charge is 2.16. The summed E-state index contributed by atoms with van der Waals surface area (Å²) >= 11 is 1.59. The van der Waals surface area contributed by atoms with Crippen LogP contribution >= 0.6 is 23.7 Å². The molecule has 0 aliphatic carbocycles. The van der Waals surface area contributed by atoms with Gasteiger partial charge < -0.3 is 11.1 Å². The van der Waals surface area contributed by atoms with E-state index in [9.17, 15) is 4.79 Å². The SMILES string of the molecule is CC(N)C(C)C(=O)Nc1ccc(-c2nccs2)cc1.Cl. The summed E-state index contributed by atoms with van der Waals surface area (Å²) in [5.41, 5.74) is 7.54. The van der Waals surface area contributed by atoms with Crippen molar-refractivity contribution in [3.05, 3.63) is 35.8 Å². The maximum atomic E-state index is 11.9. The molecule has 20 heavy (non-hydrogen) atoms. The summed E-state index contributed by atoms with van der Waals surface area (Å²) in [5.74, 6) is -0.268. The first kappa shape index (κ1) is 16.6. The molecular weight excluding hydrogens is 294 g/mol. The van der Waals surface area contributed by atoms with E-state index in [1.54, 1.807) is 17.5 Å². The topological polar surface area (TPSA) is 68.0 Å². The molecule has 0 aliphatic heterocycles. The van der Waals surface area contributed by atoms with Crippen LogP contribution in [0.15, 0.2) is 35.8 Å². The van der Waals surface area contributed by atoms with Crippen LogP contribution < -0.4 is 11.1 Å². The molecule has 1 amide bonds. The van der Waals surface area contributed by atoms with Crippen molar-refractivity contribution in [1.82, 2.24) is 4.98 Å². The van der Waals surface area contributed by atoms with Gasteiger partial charge in [-0.2, -0.15) is 0 Å². The van der Waals surface area contributed by atoms with E-state index >= 15 is 0 Å². The lowest BCUT2D eigenvalue weighted by atomic mass is 10.0. The van der Waals surface area contributed by atoms with Crippen LogP contribution in [0.2, 0.25) is 0 Å². The van der Waals surface area contributed by atoms with Crippen LogP contribution in [-0.2, 0) is 4.79 Å². The van der Waals surface area contributed by atoms with Crippen molar-refractivity contribution in [2.75, 3.05) is 5.32 Å². The minimum Gasteiger partial charge on any atom is -0.327 e. The average molecular weight is 312 g/mol. The van der Waals surface area contributed by atoms with Crippen molar-refractivity contribution < 1.29 is 4.79 Å².